The molecule has 0 spiro atoms. The number of amides is 2. The molecule has 164 valence electrons. The fraction of sp³-hybridized carbons (Fsp3) is 0.167. The number of para-hydroxylation sites is 1. The Hall–Kier alpha value is -3.81. The molecule has 1 saturated heterocycles. The van der Waals surface area contributed by atoms with Crippen molar-refractivity contribution in [1.29, 1.82) is 0 Å². The predicted octanol–water partition coefficient (Wildman–Crippen LogP) is 4.59. The minimum Gasteiger partial charge on any atom is -0.475 e. The lowest BCUT2D eigenvalue weighted by Crippen LogP contribution is -2.61. The molecule has 1 N–H and O–H groups in total. The molecule has 3 aromatic carbocycles. The summed E-state index contributed by atoms with van der Waals surface area (Å²) >= 11 is 0. The Bertz CT molecular complexity index is 1180. The molecule has 0 aliphatic carbocycles. The van der Waals surface area contributed by atoms with E-state index in [1.807, 2.05) is 0 Å². The number of ether oxygens (including phenoxy) is 1. The third kappa shape index (κ3) is 4.30. The molecule has 1 heterocycles. The van der Waals surface area contributed by atoms with Crippen LogP contribution in [0.5, 0.6) is 5.75 Å². The molecule has 0 saturated carbocycles. The molecule has 2 atom stereocenters. The van der Waals surface area contributed by atoms with Crippen LogP contribution >= 0.6 is 0 Å². The maximum absolute atomic E-state index is 14.6. The van der Waals surface area contributed by atoms with E-state index in [9.17, 15) is 22.8 Å². The number of benzene rings is 3. The minimum atomic E-state index is -1.22. The number of nitrogens with one attached hydrogen (secondary N) is 1. The fourth-order valence-electron chi connectivity index (χ4n) is 3.70. The summed E-state index contributed by atoms with van der Waals surface area (Å²) in [6.07, 6.45) is -1.22. The average molecular weight is 440 g/mol. The van der Waals surface area contributed by atoms with Gasteiger partial charge in [0.2, 0.25) is 12.0 Å². The van der Waals surface area contributed by atoms with Crippen molar-refractivity contribution in [3.05, 3.63) is 95.3 Å². The number of carbonyl (C=O) groups is 2. The Morgan fingerprint density at radius 3 is 2.53 bits per heavy atom. The van der Waals surface area contributed by atoms with Crippen LogP contribution in [-0.4, -0.2) is 22.8 Å². The second-order valence-electron chi connectivity index (χ2n) is 7.43. The van der Waals surface area contributed by atoms with Crippen LogP contribution in [0.15, 0.2) is 66.7 Å². The Morgan fingerprint density at radius 2 is 1.78 bits per heavy atom. The third-order valence-corrected chi connectivity index (χ3v) is 5.12. The van der Waals surface area contributed by atoms with Crippen LogP contribution in [0, 0.1) is 17.5 Å². The zero-order chi connectivity index (χ0) is 22.8. The highest BCUT2D eigenvalue weighted by Crippen LogP contribution is 2.40. The number of rotatable bonds is 6. The molecule has 0 unspecified atom stereocenters. The van der Waals surface area contributed by atoms with E-state index in [1.165, 1.54) is 30.0 Å². The molecule has 0 radical (unpaired) electrons. The molecular formula is C24H19F3N2O3. The molecule has 0 bridgehead atoms. The highest BCUT2D eigenvalue weighted by Gasteiger charge is 2.51. The summed E-state index contributed by atoms with van der Waals surface area (Å²) in [4.78, 5) is 25.6. The van der Waals surface area contributed by atoms with Gasteiger partial charge in [-0.15, -0.1) is 0 Å². The van der Waals surface area contributed by atoms with Gasteiger partial charge in [0, 0.05) is 24.7 Å². The zero-order valence-corrected chi connectivity index (χ0v) is 17.0. The van der Waals surface area contributed by atoms with Gasteiger partial charge in [0.1, 0.15) is 17.7 Å². The number of hydrogen-bond donors (Lipinski definition) is 1. The molecule has 5 nitrogen and oxygen atoms in total. The quantitative estimate of drug-likeness (QED) is 0.571. The Labute approximate surface area is 182 Å². The largest absolute Gasteiger partial charge is 0.475 e. The maximum Gasteiger partial charge on any atom is 0.267 e. The fourth-order valence-corrected chi connectivity index (χ4v) is 3.70. The highest BCUT2D eigenvalue weighted by atomic mass is 19.1. The van der Waals surface area contributed by atoms with E-state index in [-0.39, 0.29) is 23.8 Å². The molecular weight excluding hydrogens is 421 g/mol. The van der Waals surface area contributed by atoms with Crippen LogP contribution in [0.25, 0.3) is 0 Å². The van der Waals surface area contributed by atoms with Crippen molar-refractivity contribution in [2.24, 2.45) is 0 Å². The third-order valence-electron chi connectivity index (χ3n) is 5.12. The van der Waals surface area contributed by atoms with Crippen molar-refractivity contribution in [3.63, 3.8) is 0 Å². The summed E-state index contributed by atoms with van der Waals surface area (Å²) in [6.45, 7) is 1.43. The van der Waals surface area contributed by atoms with Crippen LogP contribution in [0.4, 0.5) is 18.9 Å². The standard InChI is InChI=1S/C24H19F3N2O3/c1-14(30)28-17-6-4-5-15(11-17)13-29-22(18-12-16(25)9-10-19(18)26)23(24(29)31)32-21-8-3-2-7-20(21)27/h2-12,22-23H,13H2,1H3,(H,28,30)/t22-,23-/m0/s1. The summed E-state index contributed by atoms with van der Waals surface area (Å²) < 4.78 is 48.2. The van der Waals surface area contributed by atoms with Crippen molar-refractivity contribution in [2.75, 3.05) is 5.32 Å². The zero-order valence-electron chi connectivity index (χ0n) is 17.0. The first-order chi connectivity index (χ1) is 15.3. The molecule has 32 heavy (non-hydrogen) atoms. The summed E-state index contributed by atoms with van der Waals surface area (Å²) in [5.41, 5.74) is 1.13. The lowest BCUT2D eigenvalue weighted by atomic mass is 9.89. The van der Waals surface area contributed by atoms with E-state index >= 15 is 0 Å². The summed E-state index contributed by atoms with van der Waals surface area (Å²) in [5.74, 6) is -2.94. The van der Waals surface area contributed by atoms with E-state index in [0.29, 0.717) is 11.3 Å². The topological polar surface area (TPSA) is 58.6 Å². The van der Waals surface area contributed by atoms with Gasteiger partial charge in [-0.3, -0.25) is 9.59 Å². The molecule has 1 aliphatic rings. The van der Waals surface area contributed by atoms with Gasteiger partial charge in [0.15, 0.2) is 11.6 Å². The van der Waals surface area contributed by atoms with Crippen molar-refractivity contribution in [1.82, 2.24) is 4.90 Å². The van der Waals surface area contributed by atoms with Crippen LogP contribution in [0.3, 0.4) is 0 Å². The Kier molecular flexibility index (Phi) is 5.85. The van der Waals surface area contributed by atoms with E-state index < -0.39 is 35.5 Å². The molecule has 1 aliphatic heterocycles. The molecule has 8 heteroatoms. The van der Waals surface area contributed by atoms with E-state index in [0.717, 1.165) is 18.2 Å². The van der Waals surface area contributed by atoms with Gasteiger partial charge in [-0.05, 0) is 48.0 Å². The first-order valence-corrected chi connectivity index (χ1v) is 9.86. The van der Waals surface area contributed by atoms with Crippen molar-refractivity contribution in [3.8, 4) is 5.75 Å². The first kappa shape index (κ1) is 21.4. The highest BCUT2D eigenvalue weighted by molar-refractivity contribution is 5.90. The number of halogens is 3. The van der Waals surface area contributed by atoms with Crippen LogP contribution < -0.4 is 10.1 Å². The summed E-state index contributed by atoms with van der Waals surface area (Å²) in [7, 11) is 0. The number of likely N-dealkylation sites (tertiary alicyclic amines) is 1. The van der Waals surface area contributed by atoms with Gasteiger partial charge < -0.3 is 15.0 Å². The number of hydrogen-bond acceptors (Lipinski definition) is 3. The number of anilines is 1. The summed E-state index contributed by atoms with van der Waals surface area (Å²) in [5, 5.41) is 2.65. The average Bonchev–Trinajstić information content (AvgIpc) is 2.75. The Morgan fingerprint density at radius 1 is 1.00 bits per heavy atom. The SMILES string of the molecule is CC(=O)Nc1cccc(CN2C(=O)[C@@H](Oc3ccccc3F)[C@@H]2c2cc(F)ccc2F)c1. The van der Waals surface area contributed by atoms with Crippen LogP contribution in [0.1, 0.15) is 24.1 Å². The van der Waals surface area contributed by atoms with Gasteiger partial charge in [0.25, 0.3) is 5.91 Å². The number of nitrogens with zero attached hydrogens (tertiary/aromatic N) is 1. The van der Waals surface area contributed by atoms with Gasteiger partial charge in [-0.2, -0.15) is 0 Å². The van der Waals surface area contributed by atoms with Crippen molar-refractivity contribution in [2.45, 2.75) is 25.6 Å². The number of β-lactam (4-membered cyclic amide) rings is 1. The molecule has 2 amide bonds. The van der Waals surface area contributed by atoms with E-state index in [1.54, 1.807) is 30.3 Å². The van der Waals surface area contributed by atoms with Crippen molar-refractivity contribution >= 4 is 17.5 Å². The van der Waals surface area contributed by atoms with Gasteiger partial charge >= 0.3 is 0 Å². The van der Waals surface area contributed by atoms with E-state index in [4.69, 9.17) is 4.74 Å². The molecule has 4 rings (SSSR count). The molecule has 0 aromatic heterocycles. The lowest BCUT2D eigenvalue weighted by Gasteiger charge is -2.46. The Balaban J connectivity index is 1.65. The molecule has 1 fully saturated rings. The van der Waals surface area contributed by atoms with Gasteiger partial charge in [-0.1, -0.05) is 24.3 Å². The lowest BCUT2D eigenvalue weighted by molar-refractivity contribution is -0.165. The summed E-state index contributed by atoms with van der Waals surface area (Å²) in [6, 6.07) is 14.4. The normalized spacial score (nSPS) is 17.6. The smallest absolute Gasteiger partial charge is 0.267 e. The number of carbonyl (C=O) groups excluding carboxylic acids is 2. The maximum atomic E-state index is 14.6. The van der Waals surface area contributed by atoms with Gasteiger partial charge in [-0.25, -0.2) is 13.2 Å². The monoisotopic (exact) mass is 440 g/mol. The first-order valence-electron chi connectivity index (χ1n) is 9.86. The van der Waals surface area contributed by atoms with Crippen LogP contribution in [-0.2, 0) is 16.1 Å². The van der Waals surface area contributed by atoms with Gasteiger partial charge in [0.05, 0.1) is 0 Å². The molecule has 3 aromatic rings. The van der Waals surface area contributed by atoms with E-state index in [2.05, 4.69) is 5.32 Å². The van der Waals surface area contributed by atoms with Crippen molar-refractivity contribution < 1.29 is 27.5 Å². The minimum absolute atomic E-state index is 0.0595. The second-order valence-corrected chi connectivity index (χ2v) is 7.43. The predicted molar refractivity (Wildman–Crippen MR) is 111 cm³/mol. The van der Waals surface area contributed by atoms with Crippen LogP contribution in [0.2, 0.25) is 0 Å². The second kappa shape index (κ2) is 8.74.